The van der Waals surface area contributed by atoms with Gasteiger partial charge in [0, 0.05) is 6.42 Å². The minimum atomic E-state index is -5.12. The standard InChI is InChI=1S/C10H15F4NO4/c1-2-3-4-9(11,12)10(13,14)6(17)8(15,5-16)7(18)19/h2-3,6,16-17H,4-5,15H2,1H3,(H,18,19)/b3-2+. The van der Waals surface area contributed by atoms with Crippen LogP contribution in [0, 0.1) is 0 Å². The highest BCUT2D eigenvalue weighted by Crippen LogP contribution is 2.42. The van der Waals surface area contributed by atoms with E-state index in [1.807, 2.05) is 0 Å². The van der Waals surface area contributed by atoms with Crippen molar-refractivity contribution < 1.29 is 37.7 Å². The fraction of sp³-hybridized carbons (Fsp3) is 0.700. The molecule has 0 fully saturated rings. The molecule has 0 saturated heterocycles. The Labute approximate surface area is 106 Å². The molecule has 0 heterocycles. The SMILES string of the molecule is C/C=C/CC(F)(F)C(F)(F)C(O)C(N)(CO)C(=O)O. The van der Waals surface area contributed by atoms with Gasteiger partial charge in [-0.1, -0.05) is 12.2 Å². The Morgan fingerprint density at radius 3 is 2.16 bits per heavy atom. The predicted molar refractivity (Wildman–Crippen MR) is 57.0 cm³/mol. The molecule has 0 saturated carbocycles. The fourth-order valence-electron chi connectivity index (χ4n) is 1.20. The number of allylic oxidation sites excluding steroid dienone is 2. The second-order valence-electron chi connectivity index (χ2n) is 4.01. The summed E-state index contributed by atoms with van der Waals surface area (Å²) in [7, 11) is 0. The van der Waals surface area contributed by atoms with E-state index in [2.05, 4.69) is 0 Å². The molecule has 5 N–H and O–H groups in total. The lowest BCUT2D eigenvalue weighted by molar-refractivity contribution is -0.265. The molecule has 2 unspecified atom stereocenters. The molecule has 5 nitrogen and oxygen atoms in total. The van der Waals surface area contributed by atoms with Crippen LogP contribution in [0.2, 0.25) is 0 Å². The van der Waals surface area contributed by atoms with Gasteiger partial charge >= 0.3 is 17.8 Å². The number of hydrogen-bond acceptors (Lipinski definition) is 4. The zero-order valence-corrected chi connectivity index (χ0v) is 9.99. The highest BCUT2D eigenvalue weighted by atomic mass is 19.3. The van der Waals surface area contributed by atoms with E-state index >= 15 is 0 Å². The van der Waals surface area contributed by atoms with E-state index in [0.29, 0.717) is 0 Å². The Hall–Kier alpha value is -1.19. The smallest absolute Gasteiger partial charge is 0.338 e. The van der Waals surface area contributed by atoms with E-state index in [-0.39, 0.29) is 0 Å². The summed E-state index contributed by atoms with van der Waals surface area (Å²) in [5.74, 6) is -12.1. The normalized spacial score (nSPS) is 18.3. The molecule has 19 heavy (non-hydrogen) atoms. The maximum absolute atomic E-state index is 13.5. The molecule has 0 aromatic carbocycles. The molecule has 9 heteroatoms. The zero-order valence-electron chi connectivity index (χ0n) is 9.99. The molecule has 0 aliphatic carbocycles. The highest BCUT2D eigenvalue weighted by Gasteiger charge is 2.66. The summed E-state index contributed by atoms with van der Waals surface area (Å²) in [5, 5.41) is 26.4. The van der Waals surface area contributed by atoms with Gasteiger partial charge in [0.1, 0.15) is 0 Å². The number of hydrogen-bond donors (Lipinski definition) is 4. The van der Waals surface area contributed by atoms with Crippen LogP contribution in [0.25, 0.3) is 0 Å². The van der Waals surface area contributed by atoms with Crippen LogP contribution in [-0.2, 0) is 4.79 Å². The lowest BCUT2D eigenvalue weighted by atomic mass is 9.86. The third-order valence-corrected chi connectivity index (χ3v) is 2.59. The van der Waals surface area contributed by atoms with Crippen molar-refractivity contribution in [3.8, 4) is 0 Å². The van der Waals surface area contributed by atoms with Crippen LogP contribution in [0.4, 0.5) is 17.6 Å². The van der Waals surface area contributed by atoms with E-state index in [1.54, 1.807) is 0 Å². The molecule has 0 aliphatic heterocycles. The van der Waals surface area contributed by atoms with Crippen molar-refractivity contribution in [2.45, 2.75) is 36.8 Å². The van der Waals surface area contributed by atoms with Crippen LogP contribution < -0.4 is 5.73 Å². The van der Waals surface area contributed by atoms with Crippen LogP contribution in [0.5, 0.6) is 0 Å². The van der Waals surface area contributed by atoms with E-state index in [0.717, 1.165) is 12.2 Å². The number of alkyl halides is 4. The number of aliphatic hydroxyl groups is 2. The summed E-state index contributed by atoms with van der Waals surface area (Å²) < 4.78 is 53.5. The van der Waals surface area contributed by atoms with Gasteiger partial charge in [0.05, 0.1) is 6.61 Å². The van der Waals surface area contributed by atoms with E-state index < -0.39 is 42.5 Å². The lowest BCUT2D eigenvalue weighted by Gasteiger charge is -2.36. The van der Waals surface area contributed by atoms with Crippen molar-refractivity contribution in [2.75, 3.05) is 6.61 Å². The monoisotopic (exact) mass is 289 g/mol. The Morgan fingerprint density at radius 1 is 1.37 bits per heavy atom. The summed E-state index contributed by atoms with van der Waals surface area (Å²) >= 11 is 0. The van der Waals surface area contributed by atoms with Crippen LogP contribution in [0.1, 0.15) is 13.3 Å². The van der Waals surface area contributed by atoms with Gasteiger partial charge in [-0.2, -0.15) is 17.6 Å². The largest absolute Gasteiger partial charge is 0.480 e. The van der Waals surface area contributed by atoms with Crippen molar-refractivity contribution in [2.24, 2.45) is 5.73 Å². The first-order chi connectivity index (χ1) is 8.47. The van der Waals surface area contributed by atoms with Gasteiger partial charge in [-0.25, -0.2) is 0 Å². The van der Waals surface area contributed by atoms with Gasteiger partial charge in [-0.15, -0.1) is 0 Å². The maximum atomic E-state index is 13.5. The number of nitrogens with two attached hydrogens (primary N) is 1. The topological polar surface area (TPSA) is 104 Å². The maximum Gasteiger partial charge on any atom is 0.338 e. The van der Waals surface area contributed by atoms with Crippen molar-refractivity contribution in [1.29, 1.82) is 0 Å². The van der Waals surface area contributed by atoms with E-state index in [4.69, 9.17) is 15.9 Å². The van der Waals surface area contributed by atoms with Gasteiger partial charge in [0.15, 0.2) is 11.6 Å². The number of aliphatic carboxylic acids is 1. The van der Waals surface area contributed by atoms with Crippen LogP contribution in [0.3, 0.4) is 0 Å². The minimum absolute atomic E-state index is 0.735. The average molecular weight is 289 g/mol. The van der Waals surface area contributed by atoms with Crippen molar-refractivity contribution in [3.05, 3.63) is 12.2 Å². The molecule has 0 aromatic rings. The Balaban J connectivity index is 5.45. The first-order valence-electron chi connectivity index (χ1n) is 5.15. The number of aliphatic hydroxyl groups excluding tert-OH is 2. The van der Waals surface area contributed by atoms with Crippen molar-refractivity contribution >= 4 is 5.97 Å². The third-order valence-electron chi connectivity index (χ3n) is 2.59. The number of carboxylic acid groups (broad SMARTS) is 1. The Bertz CT molecular complexity index is 361. The third kappa shape index (κ3) is 3.23. The van der Waals surface area contributed by atoms with Crippen LogP contribution in [-0.4, -0.2) is 51.4 Å². The number of carboxylic acids is 1. The summed E-state index contributed by atoms with van der Waals surface area (Å²) in [6, 6.07) is 0. The summed E-state index contributed by atoms with van der Waals surface area (Å²) in [6.07, 6.45) is -3.04. The minimum Gasteiger partial charge on any atom is -0.480 e. The zero-order chi connectivity index (χ0) is 15.5. The lowest BCUT2D eigenvalue weighted by Crippen LogP contribution is -2.69. The van der Waals surface area contributed by atoms with E-state index in [1.165, 1.54) is 6.92 Å². The number of rotatable bonds is 7. The van der Waals surface area contributed by atoms with Gasteiger partial charge in [-0.3, -0.25) is 4.79 Å². The quantitative estimate of drug-likeness (QED) is 0.400. The van der Waals surface area contributed by atoms with Gasteiger partial charge in [0.2, 0.25) is 0 Å². The van der Waals surface area contributed by atoms with Crippen LogP contribution in [0.15, 0.2) is 12.2 Å². The molecular weight excluding hydrogens is 274 g/mol. The molecule has 0 amide bonds. The second-order valence-corrected chi connectivity index (χ2v) is 4.01. The number of halogens is 4. The summed E-state index contributed by atoms with van der Waals surface area (Å²) in [5.41, 5.74) is 1.58. The summed E-state index contributed by atoms with van der Waals surface area (Å²) in [6.45, 7) is -0.304. The van der Waals surface area contributed by atoms with Gasteiger partial charge in [0.25, 0.3) is 0 Å². The molecule has 0 radical (unpaired) electrons. The highest BCUT2D eigenvalue weighted by molar-refractivity contribution is 5.79. The van der Waals surface area contributed by atoms with E-state index in [9.17, 15) is 27.5 Å². The number of carbonyl (C=O) groups is 1. The molecule has 0 spiro atoms. The molecule has 0 rings (SSSR count). The Kier molecular flexibility index (Phi) is 5.48. The van der Waals surface area contributed by atoms with Gasteiger partial charge in [-0.05, 0) is 6.92 Å². The fourth-order valence-corrected chi connectivity index (χ4v) is 1.20. The summed E-state index contributed by atoms with van der Waals surface area (Å²) in [4.78, 5) is 10.6. The van der Waals surface area contributed by atoms with Crippen molar-refractivity contribution in [3.63, 3.8) is 0 Å². The van der Waals surface area contributed by atoms with Crippen LogP contribution >= 0.6 is 0 Å². The first-order valence-corrected chi connectivity index (χ1v) is 5.15. The Morgan fingerprint density at radius 2 is 1.84 bits per heavy atom. The molecule has 0 aliphatic rings. The molecule has 0 aromatic heterocycles. The second kappa shape index (κ2) is 5.85. The molecular formula is C10H15F4NO4. The average Bonchev–Trinajstić information content (AvgIpc) is 2.33. The predicted octanol–water partition coefficient (Wildman–Crippen LogP) is 0.358. The molecule has 112 valence electrons. The molecule has 2 atom stereocenters. The van der Waals surface area contributed by atoms with Crippen molar-refractivity contribution in [1.82, 2.24) is 0 Å². The first kappa shape index (κ1) is 17.8. The molecule has 0 bridgehead atoms. The van der Waals surface area contributed by atoms with Gasteiger partial charge < -0.3 is 21.1 Å².